The van der Waals surface area contributed by atoms with Crippen LogP contribution in [0.1, 0.15) is 33.4 Å². The second kappa shape index (κ2) is 11.9. The van der Waals surface area contributed by atoms with Crippen molar-refractivity contribution >= 4 is 47.0 Å². The second-order valence-corrected chi connectivity index (χ2v) is 12.2. The van der Waals surface area contributed by atoms with Crippen LogP contribution >= 0.6 is 22.7 Å². The SMILES string of the molecule is Cc1ccc(C=Cc2ccc(-c3ccc(-c4ccc(-c5ccc(C=Cc6ccc(C)cc6)cc5)s4)s3)cc2)cc1. The van der Waals surface area contributed by atoms with Crippen LogP contribution in [0.5, 0.6) is 0 Å². The Morgan fingerprint density at radius 1 is 0.325 bits per heavy atom. The second-order valence-electron chi connectivity index (χ2n) is 10.1. The van der Waals surface area contributed by atoms with Gasteiger partial charge >= 0.3 is 0 Å². The number of thiophene rings is 2. The first kappa shape index (κ1) is 26.0. The van der Waals surface area contributed by atoms with Crippen LogP contribution in [0.15, 0.2) is 121 Å². The fourth-order valence-electron chi connectivity index (χ4n) is 4.51. The lowest BCUT2D eigenvalue weighted by molar-refractivity contribution is 1.46. The van der Waals surface area contributed by atoms with Gasteiger partial charge in [0.2, 0.25) is 0 Å². The topological polar surface area (TPSA) is 0 Å². The number of aryl methyl sites for hydroxylation is 2. The van der Waals surface area contributed by atoms with Crippen LogP contribution in [0.2, 0.25) is 0 Å². The van der Waals surface area contributed by atoms with Crippen LogP contribution in [0.25, 0.3) is 54.9 Å². The predicted octanol–water partition coefficient (Wildman–Crippen LogP) is 11.8. The summed E-state index contributed by atoms with van der Waals surface area (Å²) in [6, 6.07) is 43.9. The minimum atomic E-state index is 1.21. The number of hydrogen-bond acceptors (Lipinski definition) is 2. The van der Waals surface area contributed by atoms with E-state index in [-0.39, 0.29) is 0 Å². The van der Waals surface area contributed by atoms with Gasteiger partial charge in [-0.2, -0.15) is 0 Å². The van der Waals surface area contributed by atoms with Gasteiger partial charge < -0.3 is 0 Å². The van der Waals surface area contributed by atoms with Crippen molar-refractivity contribution in [3.8, 4) is 30.6 Å². The fourth-order valence-corrected chi connectivity index (χ4v) is 6.62. The van der Waals surface area contributed by atoms with Gasteiger partial charge in [0.05, 0.1) is 0 Å². The van der Waals surface area contributed by atoms with E-state index in [9.17, 15) is 0 Å². The molecule has 0 spiro atoms. The molecule has 0 bridgehead atoms. The van der Waals surface area contributed by atoms with E-state index in [0.717, 1.165) is 0 Å². The maximum Gasteiger partial charge on any atom is 0.0449 e. The summed E-state index contributed by atoms with van der Waals surface area (Å²) in [5.41, 5.74) is 9.95. The third-order valence-corrected chi connectivity index (χ3v) is 9.40. The fraction of sp³-hybridized carbons (Fsp3) is 0.0526. The zero-order valence-electron chi connectivity index (χ0n) is 22.7. The molecule has 0 nitrogen and oxygen atoms in total. The number of rotatable bonds is 7. The molecule has 0 aliphatic carbocycles. The molecule has 194 valence electrons. The predicted molar refractivity (Wildman–Crippen MR) is 179 cm³/mol. The highest BCUT2D eigenvalue weighted by Gasteiger charge is 2.09. The third-order valence-electron chi connectivity index (χ3n) is 6.94. The molecule has 0 amide bonds. The monoisotopic (exact) mass is 550 g/mol. The molecular weight excluding hydrogens is 521 g/mol. The van der Waals surface area contributed by atoms with Gasteiger partial charge in [0.15, 0.2) is 0 Å². The summed E-state index contributed by atoms with van der Waals surface area (Å²) >= 11 is 3.71. The highest BCUT2D eigenvalue weighted by Crippen LogP contribution is 2.40. The lowest BCUT2D eigenvalue weighted by Gasteiger charge is -2.00. The van der Waals surface area contributed by atoms with E-state index in [1.54, 1.807) is 0 Å². The summed E-state index contributed by atoms with van der Waals surface area (Å²) in [5, 5.41) is 0. The van der Waals surface area contributed by atoms with E-state index in [2.05, 4.69) is 159 Å². The minimum Gasteiger partial charge on any atom is -0.134 e. The summed E-state index contributed by atoms with van der Waals surface area (Å²) in [4.78, 5) is 5.21. The first-order valence-corrected chi connectivity index (χ1v) is 15.1. The van der Waals surface area contributed by atoms with Gasteiger partial charge in [0.1, 0.15) is 0 Å². The van der Waals surface area contributed by atoms with Crippen molar-refractivity contribution < 1.29 is 0 Å². The Morgan fingerprint density at radius 3 is 0.925 bits per heavy atom. The molecular formula is C38H30S2. The van der Waals surface area contributed by atoms with E-state index >= 15 is 0 Å². The number of benzene rings is 4. The average molecular weight is 551 g/mol. The molecule has 40 heavy (non-hydrogen) atoms. The molecule has 4 aromatic carbocycles. The van der Waals surface area contributed by atoms with Crippen LogP contribution in [0.3, 0.4) is 0 Å². The van der Waals surface area contributed by atoms with Crippen molar-refractivity contribution in [1.82, 2.24) is 0 Å². The molecule has 2 aromatic heterocycles. The highest BCUT2D eigenvalue weighted by molar-refractivity contribution is 7.25. The number of hydrogen-bond donors (Lipinski definition) is 0. The maximum absolute atomic E-state index is 2.25. The van der Waals surface area contributed by atoms with Crippen molar-refractivity contribution in [2.75, 3.05) is 0 Å². The summed E-state index contributed by atoms with van der Waals surface area (Å²) in [6.07, 6.45) is 8.69. The molecule has 6 aromatic rings. The largest absolute Gasteiger partial charge is 0.134 e. The van der Waals surface area contributed by atoms with Crippen LogP contribution in [-0.2, 0) is 0 Å². The Kier molecular flexibility index (Phi) is 7.72. The van der Waals surface area contributed by atoms with E-state index < -0.39 is 0 Å². The van der Waals surface area contributed by atoms with Gasteiger partial charge in [0.25, 0.3) is 0 Å². The smallest absolute Gasteiger partial charge is 0.0449 e. The van der Waals surface area contributed by atoms with Gasteiger partial charge in [0, 0.05) is 19.5 Å². The summed E-state index contributed by atoms with van der Waals surface area (Å²) < 4.78 is 0. The summed E-state index contributed by atoms with van der Waals surface area (Å²) in [6.45, 7) is 4.23. The van der Waals surface area contributed by atoms with Gasteiger partial charge in [-0.15, -0.1) is 22.7 Å². The van der Waals surface area contributed by atoms with E-state index in [1.165, 1.54) is 64.0 Å². The molecule has 0 saturated heterocycles. The van der Waals surface area contributed by atoms with Gasteiger partial charge in [-0.25, -0.2) is 0 Å². The van der Waals surface area contributed by atoms with Gasteiger partial charge in [-0.05, 0) is 71.5 Å². The Balaban J connectivity index is 1.12. The maximum atomic E-state index is 2.25. The average Bonchev–Trinajstić information content (AvgIpc) is 3.68. The molecule has 2 heteroatoms. The summed E-state index contributed by atoms with van der Waals surface area (Å²) in [5.74, 6) is 0. The molecule has 0 unspecified atom stereocenters. The van der Waals surface area contributed by atoms with E-state index in [0.29, 0.717) is 0 Å². The lowest BCUT2D eigenvalue weighted by Crippen LogP contribution is -1.76. The first-order chi connectivity index (χ1) is 19.6. The molecule has 2 heterocycles. The van der Waals surface area contributed by atoms with Crippen molar-refractivity contribution in [2.24, 2.45) is 0 Å². The zero-order chi connectivity index (χ0) is 27.3. The van der Waals surface area contributed by atoms with Crippen molar-refractivity contribution in [1.29, 1.82) is 0 Å². The van der Waals surface area contributed by atoms with Crippen molar-refractivity contribution in [3.63, 3.8) is 0 Å². The van der Waals surface area contributed by atoms with Crippen molar-refractivity contribution in [2.45, 2.75) is 13.8 Å². The Bertz CT molecular complexity index is 1620. The van der Waals surface area contributed by atoms with Crippen LogP contribution < -0.4 is 0 Å². The molecule has 0 aliphatic rings. The molecule has 0 radical (unpaired) electrons. The van der Waals surface area contributed by atoms with Crippen LogP contribution in [0, 0.1) is 13.8 Å². The lowest BCUT2D eigenvalue weighted by atomic mass is 10.1. The molecule has 0 atom stereocenters. The summed E-state index contributed by atoms with van der Waals surface area (Å²) in [7, 11) is 0. The third kappa shape index (κ3) is 6.31. The van der Waals surface area contributed by atoms with Crippen LogP contribution in [0.4, 0.5) is 0 Å². The van der Waals surface area contributed by atoms with Crippen LogP contribution in [-0.4, -0.2) is 0 Å². The zero-order valence-corrected chi connectivity index (χ0v) is 24.3. The Labute approximate surface area is 245 Å². The standard InChI is InChI=1S/C38H30S2/c1-27-3-7-29(8-4-27)11-13-31-15-19-33(20-16-31)35-23-25-37(39-35)38-26-24-36(40-38)34-21-17-32(18-22-34)14-12-30-9-5-28(2)6-10-30/h3-26H,1-2H3. The molecule has 0 fully saturated rings. The molecule has 0 saturated carbocycles. The Hall–Kier alpha value is -4.24. The Morgan fingerprint density at radius 2 is 0.600 bits per heavy atom. The highest BCUT2D eigenvalue weighted by atomic mass is 32.1. The minimum absolute atomic E-state index is 1.21. The molecule has 0 N–H and O–H groups in total. The first-order valence-electron chi connectivity index (χ1n) is 13.5. The molecule has 6 rings (SSSR count). The quantitative estimate of drug-likeness (QED) is 0.173. The normalized spacial score (nSPS) is 11.6. The van der Waals surface area contributed by atoms with Crippen molar-refractivity contribution in [3.05, 3.63) is 155 Å². The van der Waals surface area contributed by atoms with E-state index in [1.807, 2.05) is 22.7 Å². The van der Waals surface area contributed by atoms with Gasteiger partial charge in [-0.3, -0.25) is 0 Å². The molecule has 0 aliphatic heterocycles. The van der Waals surface area contributed by atoms with Gasteiger partial charge in [-0.1, -0.05) is 132 Å². The van der Waals surface area contributed by atoms with E-state index in [4.69, 9.17) is 0 Å².